The highest BCUT2D eigenvalue weighted by atomic mass is 35.5. The van der Waals surface area contributed by atoms with Crippen molar-refractivity contribution in [2.45, 2.75) is 6.61 Å². The van der Waals surface area contributed by atoms with E-state index in [2.05, 4.69) is 10.7 Å². The summed E-state index contributed by atoms with van der Waals surface area (Å²) in [7, 11) is 0. The molecule has 1 rings (SSSR count). The van der Waals surface area contributed by atoms with E-state index in [1.165, 1.54) is 18.2 Å². The topological polar surface area (TPSA) is 9.23 Å². The molecule has 4 heteroatoms. The van der Waals surface area contributed by atoms with E-state index in [1.807, 2.05) is 0 Å². The lowest BCUT2D eigenvalue weighted by molar-refractivity contribution is -0.0500. The molecule has 0 fully saturated rings. The van der Waals surface area contributed by atoms with Gasteiger partial charge in [0.25, 0.3) is 0 Å². The van der Waals surface area contributed by atoms with E-state index in [4.69, 9.17) is 18.0 Å². The molecule has 13 heavy (non-hydrogen) atoms. The summed E-state index contributed by atoms with van der Waals surface area (Å²) in [5.74, 6) is 2.16. The zero-order valence-electron chi connectivity index (χ0n) is 6.43. The van der Waals surface area contributed by atoms with E-state index in [1.54, 1.807) is 0 Å². The lowest BCUT2D eigenvalue weighted by atomic mass is 10.2. The number of benzene rings is 1. The molecule has 0 aliphatic heterocycles. The Morgan fingerprint density at radius 2 is 2.15 bits per heavy atom. The van der Waals surface area contributed by atoms with Gasteiger partial charge in [0.1, 0.15) is 5.75 Å². The molecule has 0 N–H and O–H groups in total. The molecule has 0 saturated carbocycles. The number of rotatable bonds is 2. The van der Waals surface area contributed by atoms with Crippen LogP contribution in [0.4, 0.5) is 8.78 Å². The van der Waals surface area contributed by atoms with Gasteiger partial charge in [-0.25, -0.2) is 0 Å². The lowest BCUT2D eigenvalue weighted by Gasteiger charge is -2.06. The van der Waals surface area contributed by atoms with Crippen molar-refractivity contribution in [1.82, 2.24) is 0 Å². The number of alkyl halides is 2. The summed E-state index contributed by atoms with van der Waals surface area (Å²) < 4.78 is 27.8. The Morgan fingerprint density at radius 1 is 1.46 bits per heavy atom. The van der Waals surface area contributed by atoms with Crippen molar-refractivity contribution in [1.29, 1.82) is 0 Å². The van der Waals surface area contributed by atoms with Crippen LogP contribution in [0.25, 0.3) is 0 Å². The highest BCUT2D eigenvalue weighted by Crippen LogP contribution is 2.23. The zero-order valence-corrected chi connectivity index (χ0v) is 7.18. The van der Waals surface area contributed by atoms with Gasteiger partial charge in [0.15, 0.2) is 0 Å². The zero-order chi connectivity index (χ0) is 9.84. The maximum atomic E-state index is 11.8. The molecule has 0 spiro atoms. The van der Waals surface area contributed by atoms with Crippen molar-refractivity contribution >= 4 is 11.6 Å². The summed E-state index contributed by atoms with van der Waals surface area (Å²) >= 11 is 5.59. The number of ether oxygens (including phenoxy) is 1. The average Bonchev–Trinajstić information content (AvgIpc) is 2.07. The first-order chi connectivity index (χ1) is 6.13. The molecule has 1 aromatic rings. The first-order valence-corrected chi connectivity index (χ1v) is 3.72. The van der Waals surface area contributed by atoms with Gasteiger partial charge >= 0.3 is 6.61 Å². The van der Waals surface area contributed by atoms with Crippen molar-refractivity contribution in [2.75, 3.05) is 0 Å². The fourth-order valence-electron chi connectivity index (χ4n) is 0.814. The molecule has 1 aromatic carbocycles. The van der Waals surface area contributed by atoms with Gasteiger partial charge in [-0.15, -0.1) is 6.42 Å². The maximum absolute atomic E-state index is 11.8. The second-order valence-electron chi connectivity index (χ2n) is 2.16. The van der Waals surface area contributed by atoms with E-state index in [0.29, 0.717) is 5.02 Å². The molecule has 0 saturated heterocycles. The third kappa shape index (κ3) is 2.60. The summed E-state index contributed by atoms with van der Waals surface area (Å²) in [5, 5.41) is 0.384. The van der Waals surface area contributed by atoms with Crippen molar-refractivity contribution in [3.05, 3.63) is 28.8 Å². The molecule has 0 heterocycles. The Balaban J connectivity index is 3.01. The molecule has 0 amide bonds. The van der Waals surface area contributed by atoms with E-state index in [0.717, 1.165) is 0 Å². The fraction of sp³-hybridized carbons (Fsp3) is 0.111. The van der Waals surface area contributed by atoms with Crippen LogP contribution in [-0.4, -0.2) is 6.61 Å². The van der Waals surface area contributed by atoms with Crippen LogP contribution in [0.2, 0.25) is 5.02 Å². The largest absolute Gasteiger partial charge is 0.434 e. The van der Waals surface area contributed by atoms with Gasteiger partial charge in [-0.2, -0.15) is 8.78 Å². The first-order valence-electron chi connectivity index (χ1n) is 3.34. The van der Waals surface area contributed by atoms with Crippen LogP contribution in [0.1, 0.15) is 5.56 Å². The van der Waals surface area contributed by atoms with Gasteiger partial charge in [-0.05, 0) is 18.2 Å². The Labute approximate surface area is 79.3 Å². The third-order valence-electron chi connectivity index (χ3n) is 1.31. The molecule has 0 aliphatic carbocycles. The predicted molar refractivity (Wildman–Crippen MR) is 46.0 cm³/mol. The standard InChI is InChI=1S/C9H5ClF2O/c1-2-6-5-7(10)3-4-8(6)13-9(11)12/h1,3-5,9H. The minimum Gasteiger partial charge on any atom is -0.434 e. The van der Waals surface area contributed by atoms with E-state index >= 15 is 0 Å². The molecular weight excluding hydrogens is 198 g/mol. The minimum atomic E-state index is -2.88. The molecule has 0 atom stereocenters. The highest BCUT2D eigenvalue weighted by Gasteiger charge is 2.08. The van der Waals surface area contributed by atoms with Crippen molar-refractivity contribution < 1.29 is 13.5 Å². The van der Waals surface area contributed by atoms with Crippen molar-refractivity contribution in [3.63, 3.8) is 0 Å². The minimum absolute atomic E-state index is 0.0399. The molecule has 0 aliphatic rings. The average molecular weight is 203 g/mol. The van der Waals surface area contributed by atoms with Crippen molar-refractivity contribution in [2.24, 2.45) is 0 Å². The summed E-state index contributed by atoms with van der Waals surface area (Å²) in [6.07, 6.45) is 5.06. The van der Waals surface area contributed by atoms with Crippen LogP contribution < -0.4 is 4.74 Å². The van der Waals surface area contributed by atoms with Crippen LogP contribution in [0.3, 0.4) is 0 Å². The summed E-state index contributed by atoms with van der Waals surface area (Å²) in [6.45, 7) is -2.88. The van der Waals surface area contributed by atoms with Gasteiger partial charge in [0.2, 0.25) is 0 Å². The van der Waals surface area contributed by atoms with Gasteiger partial charge in [0, 0.05) is 5.02 Å². The van der Waals surface area contributed by atoms with Crippen LogP contribution >= 0.6 is 11.6 Å². The van der Waals surface area contributed by atoms with Crippen molar-refractivity contribution in [3.8, 4) is 18.1 Å². The van der Waals surface area contributed by atoms with Gasteiger partial charge < -0.3 is 4.74 Å². The second kappa shape index (κ2) is 4.11. The van der Waals surface area contributed by atoms with Crippen LogP contribution in [0.15, 0.2) is 18.2 Å². The van der Waals surface area contributed by atoms with E-state index in [9.17, 15) is 8.78 Å². The number of terminal acetylenes is 1. The summed E-state index contributed by atoms with van der Waals surface area (Å²) in [5.41, 5.74) is 0.216. The molecule has 0 aromatic heterocycles. The quantitative estimate of drug-likeness (QED) is 0.670. The normalized spacial score (nSPS) is 9.77. The first kappa shape index (κ1) is 9.82. The Hall–Kier alpha value is -1.27. The molecular formula is C9H5ClF2O. The van der Waals surface area contributed by atoms with Gasteiger partial charge in [-0.1, -0.05) is 17.5 Å². The molecule has 0 bridgehead atoms. The lowest BCUT2D eigenvalue weighted by Crippen LogP contribution is -2.03. The Morgan fingerprint density at radius 3 is 2.69 bits per heavy atom. The number of hydrogen-bond donors (Lipinski definition) is 0. The van der Waals surface area contributed by atoms with E-state index in [-0.39, 0.29) is 11.3 Å². The van der Waals surface area contributed by atoms with Crippen LogP contribution in [-0.2, 0) is 0 Å². The maximum Gasteiger partial charge on any atom is 0.387 e. The monoisotopic (exact) mass is 202 g/mol. The van der Waals surface area contributed by atoms with Crippen LogP contribution in [0.5, 0.6) is 5.75 Å². The molecule has 1 nitrogen and oxygen atoms in total. The number of halogens is 3. The summed E-state index contributed by atoms with van der Waals surface area (Å²) in [4.78, 5) is 0. The highest BCUT2D eigenvalue weighted by molar-refractivity contribution is 6.30. The summed E-state index contributed by atoms with van der Waals surface area (Å²) in [6, 6.07) is 4.13. The number of hydrogen-bond acceptors (Lipinski definition) is 1. The van der Waals surface area contributed by atoms with Crippen LogP contribution in [0, 0.1) is 12.3 Å². The Bertz CT molecular complexity index is 344. The second-order valence-corrected chi connectivity index (χ2v) is 2.60. The van der Waals surface area contributed by atoms with Gasteiger partial charge in [-0.3, -0.25) is 0 Å². The van der Waals surface area contributed by atoms with Gasteiger partial charge in [0.05, 0.1) is 5.56 Å². The molecule has 0 unspecified atom stereocenters. The molecule has 68 valence electrons. The van der Waals surface area contributed by atoms with E-state index < -0.39 is 6.61 Å². The fourth-order valence-corrected chi connectivity index (χ4v) is 0.986. The smallest absolute Gasteiger partial charge is 0.387 e. The third-order valence-corrected chi connectivity index (χ3v) is 1.55. The molecule has 0 radical (unpaired) electrons. The predicted octanol–water partition coefficient (Wildman–Crippen LogP) is 2.92. The SMILES string of the molecule is C#Cc1cc(Cl)ccc1OC(F)F. The Kier molecular flexibility index (Phi) is 3.10.